The minimum atomic E-state index is 0.484. The zero-order valence-corrected chi connectivity index (χ0v) is 34.6. The lowest BCUT2D eigenvalue weighted by atomic mass is 10.0. The predicted octanol–water partition coefficient (Wildman–Crippen LogP) is 16.3. The average Bonchev–Trinajstić information content (AvgIpc) is 3.32. The molecule has 0 atom stereocenters. The van der Waals surface area contributed by atoms with Crippen LogP contribution in [0.15, 0.2) is 194 Å². The Hall–Kier alpha value is -8.44. The molecule has 0 radical (unpaired) electrons. The van der Waals surface area contributed by atoms with Gasteiger partial charge in [0.25, 0.3) is 0 Å². The quantitative estimate of drug-likeness (QED) is 0.102. The van der Waals surface area contributed by atoms with Crippen molar-refractivity contribution in [3.63, 3.8) is 0 Å². The molecule has 0 aromatic heterocycles. The van der Waals surface area contributed by atoms with Gasteiger partial charge in [0.2, 0.25) is 0 Å². The minimum Gasteiger partial charge on any atom is -0.310 e. The molecule has 9 aromatic rings. The summed E-state index contributed by atoms with van der Waals surface area (Å²) < 4.78 is 0. The lowest BCUT2D eigenvalue weighted by Crippen LogP contribution is -2.10. The lowest BCUT2D eigenvalue weighted by molar-refractivity contribution is 1.29. The van der Waals surface area contributed by atoms with E-state index in [1.54, 1.807) is 0 Å². The van der Waals surface area contributed by atoms with Crippen LogP contribution in [0.2, 0.25) is 0 Å². The van der Waals surface area contributed by atoms with Crippen LogP contribution in [-0.2, 0) is 0 Å². The van der Waals surface area contributed by atoms with Crippen LogP contribution in [-0.4, -0.2) is 0 Å². The Bertz CT molecular complexity index is 2970. The summed E-state index contributed by atoms with van der Waals surface area (Å²) in [5.74, 6) is 0. The van der Waals surface area contributed by atoms with E-state index in [0.29, 0.717) is 22.4 Å². The van der Waals surface area contributed by atoms with Crippen molar-refractivity contribution in [2.45, 2.75) is 13.8 Å². The average molecular weight is 795 g/mol. The van der Waals surface area contributed by atoms with Crippen LogP contribution in [0.5, 0.6) is 0 Å². The number of hydrogen-bond acceptors (Lipinski definition) is 3. The monoisotopic (exact) mass is 794 g/mol. The molecule has 0 saturated heterocycles. The summed E-state index contributed by atoms with van der Waals surface area (Å²) in [6.07, 6.45) is 7.84. The van der Waals surface area contributed by atoms with Crippen molar-refractivity contribution < 1.29 is 0 Å². The van der Waals surface area contributed by atoms with Gasteiger partial charge in [-0.3, -0.25) is 0 Å². The van der Waals surface area contributed by atoms with E-state index in [0.717, 1.165) is 45.3 Å². The van der Waals surface area contributed by atoms with Gasteiger partial charge in [-0.2, -0.15) is 5.26 Å². The molecule has 0 spiro atoms. The Labute approximate surface area is 363 Å². The van der Waals surface area contributed by atoms with E-state index >= 15 is 0 Å². The highest BCUT2D eigenvalue weighted by atomic mass is 15.1. The van der Waals surface area contributed by atoms with E-state index in [-0.39, 0.29) is 0 Å². The first-order valence-corrected chi connectivity index (χ1v) is 20.7. The smallest absolute Gasteiger partial charge is 0.194 e. The van der Waals surface area contributed by atoms with Gasteiger partial charge in [0.15, 0.2) is 5.69 Å². The van der Waals surface area contributed by atoms with Crippen molar-refractivity contribution in [2.75, 3.05) is 9.80 Å². The van der Waals surface area contributed by atoms with E-state index in [2.05, 4.69) is 217 Å². The van der Waals surface area contributed by atoms with Gasteiger partial charge in [0.05, 0.1) is 29.6 Å². The van der Waals surface area contributed by atoms with Crippen molar-refractivity contribution in [3.8, 4) is 6.07 Å². The first-order chi connectivity index (χ1) is 30.4. The highest BCUT2D eigenvalue weighted by Crippen LogP contribution is 2.41. The normalized spacial score (nSPS) is 11.2. The third kappa shape index (κ3) is 8.10. The summed E-state index contributed by atoms with van der Waals surface area (Å²) in [6, 6.07) is 69.8. The summed E-state index contributed by atoms with van der Waals surface area (Å²) >= 11 is 0. The number of nitriles is 1. The molecular formula is C58H42N4. The SMILES string of the molecule is [C-]#[N+]c1cc(/C=C/c2ccc(N(c3ccc(C)cc3)c3cccc4ccccc34)cc2)c(C#N)cc1/C=C/c1ccc(N(c2ccc(C)cc2)c2cccc3ccccc23)cc1. The van der Waals surface area contributed by atoms with Gasteiger partial charge in [-0.15, -0.1) is 0 Å². The van der Waals surface area contributed by atoms with Crippen LogP contribution in [0.25, 0.3) is 50.7 Å². The van der Waals surface area contributed by atoms with Gasteiger partial charge < -0.3 is 9.80 Å². The molecule has 4 heteroatoms. The third-order valence-corrected chi connectivity index (χ3v) is 11.3. The second-order valence-corrected chi connectivity index (χ2v) is 15.4. The summed E-state index contributed by atoms with van der Waals surface area (Å²) in [7, 11) is 0. The molecule has 0 bridgehead atoms. The van der Waals surface area contributed by atoms with Crippen LogP contribution in [0.1, 0.15) is 38.9 Å². The number of benzene rings is 9. The van der Waals surface area contributed by atoms with E-state index in [1.165, 1.54) is 32.7 Å². The van der Waals surface area contributed by atoms with E-state index in [1.807, 2.05) is 36.4 Å². The molecular weight excluding hydrogens is 753 g/mol. The first kappa shape index (κ1) is 39.0. The molecule has 0 unspecified atom stereocenters. The number of rotatable bonds is 10. The topological polar surface area (TPSA) is 34.6 Å². The molecule has 9 rings (SSSR count). The third-order valence-electron chi connectivity index (χ3n) is 11.3. The van der Waals surface area contributed by atoms with Crippen LogP contribution in [0, 0.1) is 31.8 Å². The fraction of sp³-hybridized carbons (Fsp3) is 0.0345. The molecule has 0 aliphatic heterocycles. The Morgan fingerprint density at radius 1 is 0.452 bits per heavy atom. The van der Waals surface area contributed by atoms with Crippen molar-refractivity contribution in [1.82, 2.24) is 0 Å². The van der Waals surface area contributed by atoms with Gasteiger partial charge in [-0.1, -0.05) is 157 Å². The van der Waals surface area contributed by atoms with E-state index in [9.17, 15) is 5.26 Å². The van der Waals surface area contributed by atoms with E-state index < -0.39 is 0 Å². The maximum absolute atomic E-state index is 10.3. The zero-order chi connectivity index (χ0) is 42.4. The summed E-state index contributed by atoms with van der Waals surface area (Å²) in [5, 5.41) is 15.0. The molecule has 0 fully saturated rings. The number of fused-ring (bicyclic) bond motifs is 2. The Kier molecular flexibility index (Phi) is 11.0. The number of anilines is 6. The summed E-state index contributed by atoms with van der Waals surface area (Å²) in [4.78, 5) is 8.45. The standard InChI is InChI=1S/C58H42N4/c1-41-18-30-50(31-19-41)61(57-16-8-12-45-10-4-6-14-54(45)57)52-34-24-43(25-35-52)22-28-47-39-56(60-3)48(38-49(47)40-59)29-23-44-26-36-53(37-27-44)62(51-32-20-42(2)21-33-51)58-17-9-13-46-11-5-7-15-55(46)58/h4-39H,1-2H3/b28-22+,29-23+. The van der Waals surface area contributed by atoms with Gasteiger partial charge in [0.1, 0.15) is 0 Å². The van der Waals surface area contributed by atoms with Crippen LogP contribution < -0.4 is 9.80 Å². The van der Waals surface area contributed by atoms with E-state index in [4.69, 9.17) is 6.57 Å². The van der Waals surface area contributed by atoms with Crippen LogP contribution >= 0.6 is 0 Å². The van der Waals surface area contributed by atoms with Gasteiger partial charge in [-0.05, 0) is 120 Å². The van der Waals surface area contributed by atoms with Crippen molar-refractivity contribution in [2.24, 2.45) is 0 Å². The van der Waals surface area contributed by atoms with Gasteiger partial charge in [-0.25, -0.2) is 4.85 Å². The highest BCUT2D eigenvalue weighted by Gasteiger charge is 2.17. The Morgan fingerprint density at radius 2 is 0.855 bits per heavy atom. The van der Waals surface area contributed by atoms with Crippen molar-refractivity contribution in [1.29, 1.82) is 5.26 Å². The molecule has 9 aromatic carbocycles. The fourth-order valence-corrected chi connectivity index (χ4v) is 7.98. The maximum atomic E-state index is 10.3. The molecule has 0 N–H and O–H groups in total. The van der Waals surface area contributed by atoms with Gasteiger partial charge in [0, 0.05) is 33.5 Å². The first-order valence-electron chi connectivity index (χ1n) is 20.7. The second kappa shape index (κ2) is 17.4. The van der Waals surface area contributed by atoms with Crippen molar-refractivity contribution >= 4 is 85.7 Å². The molecule has 0 amide bonds. The molecule has 0 aliphatic carbocycles. The summed E-state index contributed by atoms with van der Waals surface area (Å²) in [5.41, 5.74) is 13.2. The van der Waals surface area contributed by atoms with Crippen molar-refractivity contribution in [3.05, 3.63) is 244 Å². The molecule has 0 saturated carbocycles. The minimum absolute atomic E-state index is 0.484. The largest absolute Gasteiger partial charge is 0.310 e. The summed E-state index contributed by atoms with van der Waals surface area (Å²) in [6.45, 7) is 12.2. The molecule has 4 nitrogen and oxygen atoms in total. The lowest BCUT2D eigenvalue weighted by Gasteiger charge is -2.27. The molecule has 62 heavy (non-hydrogen) atoms. The number of nitrogens with zero attached hydrogens (tertiary/aromatic N) is 4. The Morgan fingerprint density at radius 3 is 1.29 bits per heavy atom. The van der Waals surface area contributed by atoms with Gasteiger partial charge >= 0.3 is 0 Å². The number of aryl methyl sites for hydroxylation is 2. The highest BCUT2D eigenvalue weighted by molar-refractivity contribution is 6.00. The zero-order valence-electron chi connectivity index (χ0n) is 34.6. The predicted molar refractivity (Wildman–Crippen MR) is 262 cm³/mol. The molecule has 0 aliphatic rings. The molecule has 0 heterocycles. The Balaban J connectivity index is 0.970. The fourth-order valence-electron chi connectivity index (χ4n) is 7.98. The van der Waals surface area contributed by atoms with Crippen LogP contribution in [0.4, 0.5) is 39.8 Å². The number of hydrogen-bond donors (Lipinski definition) is 0. The van der Waals surface area contributed by atoms with Crippen LogP contribution in [0.3, 0.4) is 0 Å². The maximum Gasteiger partial charge on any atom is 0.194 e. The molecule has 294 valence electrons. The second-order valence-electron chi connectivity index (χ2n) is 15.4.